The molecule has 2 fully saturated rings. The molecule has 1 N–H and O–H groups in total. The molecule has 1 saturated heterocycles. The lowest BCUT2D eigenvalue weighted by atomic mass is 9.96. The third-order valence-electron chi connectivity index (χ3n) is 5.80. The molecule has 4 rings (SSSR count). The van der Waals surface area contributed by atoms with E-state index in [1.165, 1.54) is 12.8 Å². The highest BCUT2D eigenvalue weighted by molar-refractivity contribution is 9.10. The zero-order valence-electron chi connectivity index (χ0n) is 17.0. The molecule has 1 heterocycles. The predicted octanol–water partition coefficient (Wildman–Crippen LogP) is 4.41. The molecule has 2 aromatic rings. The number of benzene rings is 2. The number of nitrogens with zero attached hydrogens (tertiary/aromatic N) is 1. The topological polar surface area (TPSA) is 58.6 Å². The minimum absolute atomic E-state index is 0.0718. The van der Waals surface area contributed by atoms with Crippen molar-refractivity contribution in [3.8, 4) is 5.75 Å². The first-order chi connectivity index (χ1) is 14.6. The van der Waals surface area contributed by atoms with Crippen LogP contribution in [0.4, 0.5) is 0 Å². The molecule has 5 nitrogen and oxygen atoms in total. The van der Waals surface area contributed by atoms with Crippen molar-refractivity contribution in [3.05, 3.63) is 64.1 Å². The van der Waals surface area contributed by atoms with Crippen molar-refractivity contribution >= 4 is 27.7 Å². The summed E-state index contributed by atoms with van der Waals surface area (Å²) in [5.74, 6) is 1.10. The van der Waals surface area contributed by atoms with E-state index in [-0.39, 0.29) is 17.7 Å². The number of carbonyl (C=O) groups is 2. The van der Waals surface area contributed by atoms with Gasteiger partial charge in [-0.3, -0.25) is 9.59 Å². The molecule has 2 aromatic carbocycles. The number of carbonyl (C=O) groups excluding carboxylic acids is 2. The summed E-state index contributed by atoms with van der Waals surface area (Å²) in [5, 5.41) is 3.06. The van der Waals surface area contributed by atoms with Gasteiger partial charge in [-0.15, -0.1) is 0 Å². The Bertz CT molecular complexity index is 913. The molecule has 30 heavy (non-hydrogen) atoms. The monoisotopic (exact) mass is 470 g/mol. The molecule has 1 aliphatic carbocycles. The zero-order valence-corrected chi connectivity index (χ0v) is 18.6. The molecule has 2 aliphatic rings. The molecule has 1 atom stereocenters. The SMILES string of the molecule is O=C(NCC1CC1)C1CCCN(C(=O)c2ccccc2OCc2ccccc2Br)C1. The van der Waals surface area contributed by atoms with E-state index in [9.17, 15) is 9.59 Å². The van der Waals surface area contributed by atoms with E-state index in [2.05, 4.69) is 21.2 Å². The average molecular weight is 471 g/mol. The van der Waals surface area contributed by atoms with Crippen LogP contribution in [0.1, 0.15) is 41.6 Å². The maximum atomic E-state index is 13.2. The molecule has 0 aromatic heterocycles. The second-order valence-electron chi connectivity index (χ2n) is 8.16. The van der Waals surface area contributed by atoms with Crippen LogP contribution in [0.5, 0.6) is 5.75 Å². The van der Waals surface area contributed by atoms with Crippen molar-refractivity contribution in [1.82, 2.24) is 10.2 Å². The molecule has 0 radical (unpaired) electrons. The Morgan fingerprint density at radius 3 is 2.63 bits per heavy atom. The van der Waals surface area contributed by atoms with Crippen LogP contribution >= 0.6 is 15.9 Å². The third-order valence-corrected chi connectivity index (χ3v) is 6.57. The van der Waals surface area contributed by atoms with Crippen LogP contribution in [0, 0.1) is 11.8 Å². The van der Waals surface area contributed by atoms with Gasteiger partial charge in [0.05, 0.1) is 11.5 Å². The second-order valence-corrected chi connectivity index (χ2v) is 9.01. The lowest BCUT2D eigenvalue weighted by Gasteiger charge is -2.32. The van der Waals surface area contributed by atoms with Crippen LogP contribution in [0.3, 0.4) is 0 Å². The lowest BCUT2D eigenvalue weighted by Crippen LogP contribution is -2.45. The number of amides is 2. The number of ether oxygens (including phenoxy) is 1. The maximum Gasteiger partial charge on any atom is 0.257 e. The Balaban J connectivity index is 1.41. The second kappa shape index (κ2) is 9.65. The first-order valence-electron chi connectivity index (χ1n) is 10.6. The molecule has 6 heteroatoms. The Kier molecular flexibility index (Phi) is 6.72. The van der Waals surface area contributed by atoms with Gasteiger partial charge in [0.25, 0.3) is 5.91 Å². The van der Waals surface area contributed by atoms with Crippen LogP contribution in [0.25, 0.3) is 0 Å². The summed E-state index contributed by atoms with van der Waals surface area (Å²) in [7, 11) is 0. The highest BCUT2D eigenvalue weighted by Crippen LogP contribution is 2.28. The first kappa shape index (κ1) is 20.9. The van der Waals surface area contributed by atoms with Crippen molar-refractivity contribution < 1.29 is 14.3 Å². The Hall–Kier alpha value is -2.34. The van der Waals surface area contributed by atoms with Gasteiger partial charge in [0, 0.05) is 29.7 Å². The summed E-state index contributed by atoms with van der Waals surface area (Å²) in [6, 6.07) is 15.2. The minimum Gasteiger partial charge on any atom is -0.488 e. The van der Waals surface area contributed by atoms with E-state index in [1.807, 2.05) is 42.5 Å². The number of halogens is 1. The van der Waals surface area contributed by atoms with Crippen molar-refractivity contribution in [2.45, 2.75) is 32.3 Å². The van der Waals surface area contributed by atoms with E-state index in [1.54, 1.807) is 11.0 Å². The summed E-state index contributed by atoms with van der Waals surface area (Å²) < 4.78 is 6.98. The molecular formula is C24H27BrN2O3. The molecule has 158 valence electrons. The summed E-state index contributed by atoms with van der Waals surface area (Å²) in [5.41, 5.74) is 1.56. The molecule has 1 saturated carbocycles. The van der Waals surface area contributed by atoms with Gasteiger partial charge in [-0.2, -0.15) is 0 Å². The molecule has 0 bridgehead atoms. The van der Waals surface area contributed by atoms with Crippen molar-refractivity contribution in [1.29, 1.82) is 0 Å². The fraction of sp³-hybridized carbons (Fsp3) is 0.417. The number of hydrogen-bond acceptors (Lipinski definition) is 3. The molecule has 1 aliphatic heterocycles. The van der Waals surface area contributed by atoms with E-state index in [4.69, 9.17) is 4.74 Å². The number of rotatable bonds is 7. The molecule has 0 spiro atoms. The number of hydrogen-bond donors (Lipinski definition) is 1. The Morgan fingerprint density at radius 2 is 1.83 bits per heavy atom. The van der Waals surface area contributed by atoms with E-state index in [0.29, 0.717) is 36.9 Å². The van der Waals surface area contributed by atoms with Gasteiger partial charge >= 0.3 is 0 Å². The Morgan fingerprint density at radius 1 is 1.07 bits per heavy atom. The quantitative estimate of drug-likeness (QED) is 0.651. The number of nitrogens with one attached hydrogen (secondary N) is 1. The van der Waals surface area contributed by atoms with Crippen LogP contribution in [-0.4, -0.2) is 36.3 Å². The van der Waals surface area contributed by atoms with E-state index < -0.39 is 0 Å². The maximum absolute atomic E-state index is 13.2. The van der Waals surface area contributed by atoms with Gasteiger partial charge in [0.2, 0.25) is 5.91 Å². The normalized spacial score (nSPS) is 18.7. The van der Waals surface area contributed by atoms with Gasteiger partial charge in [0.15, 0.2) is 0 Å². The highest BCUT2D eigenvalue weighted by Gasteiger charge is 2.31. The highest BCUT2D eigenvalue weighted by atomic mass is 79.9. The number of para-hydroxylation sites is 1. The van der Waals surface area contributed by atoms with Crippen molar-refractivity contribution in [3.63, 3.8) is 0 Å². The van der Waals surface area contributed by atoms with Crippen LogP contribution in [-0.2, 0) is 11.4 Å². The number of likely N-dealkylation sites (tertiary alicyclic amines) is 1. The van der Waals surface area contributed by atoms with Crippen molar-refractivity contribution in [2.75, 3.05) is 19.6 Å². The van der Waals surface area contributed by atoms with Gasteiger partial charge in [-0.1, -0.05) is 46.3 Å². The van der Waals surface area contributed by atoms with E-state index in [0.717, 1.165) is 29.4 Å². The fourth-order valence-corrected chi connectivity index (χ4v) is 4.20. The third kappa shape index (κ3) is 5.22. The molecule has 2 amide bonds. The average Bonchev–Trinajstić information content (AvgIpc) is 3.61. The smallest absolute Gasteiger partial charge is 0.257 e. The van der Waals surface area contributed by atoms with Crippen LogP contribution in [0.15, 0.2) is 53.0 Å². The summed E-state index contributed by atoms with van der Waals surface area (Å²) in [6.45, 7) is 2.28. The molecular weight excluding hydrogens is 444 g/mol. The standard InChI is InChI=1S/C24H27BrN2O3/c25-21-9-3-1-6-19(21)16-30-22-10-4-2-8-20(22)24(29)27-13-5-7-18(15-27)23(28)26-14-17-11-12-17/h1-4,6,8-10,17-18H,5,7,11-16H2,(H,26,28). The zero-order chi connectivity index (χ0) is 20.9. The first-order valence-corrected chi connectivity index (χ1v) is 11.4. The van der Waals surface area contributed by atoms with Crippen molar-refractivity contribution in [2.24, 2.45) is 11.8 Å². The van der Waals surface area contributed by atoms with Crippen LogP contribution in [0.2, 0.25) is 0 Å². The lowest BCUT2D eigenvalue weighted by molar-refractivity contribution is -0.126. The largest absolute Gasteiger partial charge is 0.488 e. The summed E-state index contributed by atoms with van der Waals surface area (Å²) in [4.78, 5) is 27.6. The van der Waals surface area contributed by atoms with E-state index >= 15 is 0 Å². The van der Waals surface area contributed by atoms with Gasteiger partial charge in [-0.25, -0.2) is 0 Å². The minimum atomic E-state index is -0.130. The Labute approximate surface area is 185 Å². The van der Waals surface area contributed by atoms with Gasteiger partial charge in [-0.05, 0) is 49.8 Å². The van der Waals surface area contributed by atoms with Gasteiger partial charge < -0.3 is 15.0 Å². The fourth-order valence-electron chi connectivity index (χ4n) is 3.80. The summed E-state index contributed by atoms with van der Waals surface area (Å²) in [6.07, 6.45) is 4.10. The number of piperidine rings is 1. The van der Waals surface area contributed by atoms with Gasteiger partial charge in [0.1, 0.15) is 12.4 Å². The molecule has 1 unspecified atom stereocenters. The summed E-state index contributed by atoms with van der Waals surface area (Å²) >= 11 is 3.53. The predicted molar refractivity (Wildman–Crippen MR) is 119 cm³/mol. The van der Waals surface area contributed by atoms with Crippen LogP contribution < -0.4 is 10.1 Å².